The molecule has 2 atom stereocenters. The average Bonchev–Trinajstić information content (AvgIpc) is 2.94. The van der Waals surface area contributed by atoms with Gasteiger partial charge in [-0.15, -0.1) is 0 Å². The molecule has 27 heavy (non-hydrogen) atoms. The molecular weight excluding hydrogens is 344 g/mol. The summed E-state index contributed by atoms with van der Waals surface area (Å²) in [7, 11) is 0.586. The third-order valence-electron chi connectivity index (χ3n) is 5.65. The molecule has 0 amide bonds. The van der Waals surface area contributed by atoms with Crippen LogP contribution < -0.4 is 4.74 Å². The molecule has 0 saturated carbocycles. The standard InChI is InChI=1S/C25H40OSi/c1-17-14-20(23(26-8)21(15-17)24(2,3)4)22(25(5,6)7)18-12-13-19(16-18)27(9,10)11/h12-16,19,22H,1-11H3. The number of benzene rings is 1. The summed E-state index contributed by atoms with van der Waals surface area (Å²) >= 11 is 0. The average molecular weight is 385 g/mol. The van der Waals surface area contributed by atoms with Crippen molar-refractivity contribution in [3.8, 4) is 5.75 Å². The van der Waals surface area contributed by atoms with Gasteiger partial charge in [-0.1, -0.05) is 97.1 Å². The molecule has 1 aliphatic rings. The normalized spacial score (nSPS) is 19.2. The summed E-state index contributed by atoms with van der Waals surface area (Å²) in [6.45, 7) is 23.5. The number of ether oxygens (including phenoxy) is 1. The van der Waals surface area contributed by atoms with E-state index in [9.17, 15) is 0 Å². The first kappa shape index (κ1) is 22.0. The van der Waals surface area contributed by atoms with Gasteiger partial charge >= 0.3 is 0 Å². The third-order valence-corrected chi connectivity index (χ3v) is 8.01. The van der Waals surface area contributed by atoms with Crippen molar-refractivity contribution in [2.45, 2.75) is 85.0 Å². The largest absolute Gasteiger partial charge is 0.496 e. The molecule has 0 aromatic heterocycles. The molecule has 2 unspecified atom stereocenters. The number of hydrogen-bond acceptors (Lipinski definition) is 1. The smallest absolute Gasteiger partial charge is 0.126 e. The number of methoxy groups -OCH3 is 1. The minimum Gasteiger partial charge on any atom is -0.496 e. The predicted octanol–water partition coefficient (Wildman–Crippen LogP) is 7.64. The summed E-state index contributed by atoms with van der Waals surface area (Å²) in [5, 5.41) is 0. The number of hydrogen-bond donors (Lipinski definition) is 0. The van der Waals surface area contributed by atoms with Crippen LogP contribution >= 0.6 is 0 Å². The van der Waals surface area contributed by atoms with E-state index in [2.05, 4.69) is 98.5 Å². The van der Waals surface area contributed by atoms with E-state index in [1.165, 1.54) is 22.3 Å². The molecule has 150 valence electrons. The third kappa shape index (κ3) is 4.77. The molecule has 0 N–H and O–H groups in total. The Bertz CT molecular complexity index is 748. The quantitative estimate of drug-likeness (QED) is 0.485. The zero-order valence-electron chi connectivity index (χ0n) is 19.4. The fourth-order valence-electron chi connectivity index (χ4n) is 4.21. The van der Waals surface area contributed by atoms with Gasteiger partial charge in [0, 0.05) is 17.0 Å². The number of aryl methyl sites for hydroxylation is 1. The molecule has 1 aromatic carbocycles. The number of rotatable bonds is 4. The van der Waals surface area contributed by atoms with Crippen molar-refractivity contribution >= 4 is 8.07 Å². The maximum absolute atomic E-state index is 6.05. The second-order valence-electron chi connectivity index (χ2n) is 11.4. The van der Waals surface area contributed by atoms with Crippen LogP contribution in [0.3, 0.4) is 0 Å². The van der Waals surface area contributed by atoms with Gasteiger partial charge in [0.1, 0.15) is 5.75 Å². The van der Waals surface area contributed by atoms with Gasteiger partial charge in [0.05, 0.1) is 15.2 Å². The Hall–Kier alpha value is -1.28. The van der Waals surface area contributed by atoms with Crippen LogP contribution in [0, 0.1) is 12.3 Å². The summed E-state index contributed by atoms with van der Waals surface area (Å²) in [4.78, 5) is 0. The monoisotopic (exact) mass is 384 g/mol. The van der Waals surface area contributed by atoms with Crippen LogP contribution in [0.1, 0.15) is 64.2 Å². The first-order chi connectivity index (χ1) is 12.2. The van der Waals surface area contributed by atoms with E-state index in [0.717, 1.165) is 5.75 Å². The van der Waals surface area contributed by atoms with Crippen LogP contribution in [0.15, 0.2) is 35.9 Å². The molecule has 0 heterocycles. The highest BCUT2D eigenvalue weighted by Crippen LogP contribution is 2.50. The van der Waals surface area contributed by atoms with E-state index < -0.39 is 8.07 Å². The highest BCUT2D eigenvalue weighted by Gasteiger charge is 2.36. The molecule has 0 radical (unpaired) electrons. The maximum Gasteiger partial charge on any atom is 0.126 e. The van der Waals surface area contributed by atoms with Crippen molar-refractivity contribution < 1.29 is 4.74 Å². The molecule has 1 aromatic rings. The minimum atomic E-state index is -1.24. The second-order valence-corrected chi connectivity index (χ2v) is 16.8. The van der Waals surface area contributed by atoms with Crippen LogP contribution in [0.25, 0.3) is 0 Å². The Morgan fingerprint density at radius 2 is 1.59 bits per heavy atom. The molecular formula is C25H40OSi. The lowest BCUT2D eigenvalue weighted by molar-refractivity contribution is 0.336. The fraction of sp³-hybridized carbons (Fsp3) is 0.600. The van der Waals surface area contributed by atoms with Gasteiger partial charge in [-0.2, -0.15) is 0 Å². The highest BCUT2D eigenvalue weighted by molar-refractivity contribution is 6.78. The van der Waals surface area contributed by atoms with Crippen LogP contribution in [-0.2, 0) is 5.41 Å². The maximum atomic E-state index is 6.05. The minimum absolute atomic E-state index is 0.0509. The zero-order valence-corrected chi connectivity index (χ0v) is 20.4. The molecule has 0 spiro atoms. The second kappa shape index (κ2) is 7.27. The first-order valence-electron chi connectivity index (χ1n) is 10.2. The van der Waals surface area contributed by atoms with Crippen molar-refractivity contribution in [3.63, 3.8) is 0 Å². The topological polar surface area (TPSA) is 9.23 Å². The Kier molecular flexibility index (Phi) is 5.93. The Labute approximate surface area is 168 Å². The molecule has 2 heteroatoms. The van der Waals surface area contributed by atoms with Gasteiger partial charge in [-0.05, 0) is 28.9 Å². The Balaban J connectivity index is 2.71. The van der Waals surface area contributed by atoms with Crippen molar-refractivity contribution in [1.29, 1.82) is 0 Å². The zero-order chi connectivity index (χ0) is 20.8. The highest BCUT2D eigenvalue weighted by atomic mass is 28.3. The molecule has 1 nitrogen and oxygen atoms in total. The Morgan fingerprint density at radius 3 is 2.00 bits per heavy atom. The SMILES string of the molecule is COc1c(C(C2=CC([Si](C)(C)C)C=C2)C(C)(C)C)cc(C)cc1C(C)(C)C. The van der Waals surface area contributed by atoms with Gasteiger partial charge in [0.25, 0.3) is 0 Å². The van der Waals surface area contributed by atoms with E-state index in [0.29, 0.717) is 11.5 Å². The fourth-order valence-corrected chi connectivity index (χ4v) is 5.58. The lowest BCUT2D eigenvalue weighted by atomic mass is 9.70. The summed E-state index contributed by atoms with van der Waals surface area (Å²) in [5.74, 6) is 1.39. The molecule has 0 aliphatic heterocycles. The van der Waals surface area contributed by atoms with E-state index in [1.54, 1.807) is 0 Å². The summed E-state index contributed by atoms with van der Waals surface area (Å²) in [6.07, 6.45) is 7.37. The first-order valence-corrected chi connectivity index (χ1v) is 13.8. The lowest BCUT2D eigenvalue weighted by Crippen LogP contribution is -2.25. The molecule has 0 bridgehead atoms. The molecule has 0 fully saturated rings. The van der Waals surface area contributed by atoms with Crippen LogP contribution in [0.2, 0.25) is 25.2 Å². The van der Waals surface area contributed by atoms with E-state index in [4.69, 9.17) is 4.74 Å². The van der Waals surface area contributed by atoms with E-state index in [-0.39, 0.29) is 10.8 Å². The van der Waals surface area contributed by atoms with Crippen molar-refractivity contribution in [2.75, 3.05) is 7.11 Å². The summed E-state index contributed by atoms with van der Waals surface area (Å²) in [5.41, 5.74) is 6.19. The summed E-state index contributed by atoms with van der Waals surface area (Å²) < 4.78 is 6.05. The Morgan fingerprint density at radius 1 is 1.00 bits per heavy atom. The van der Waals surface area contributed by atoms with Crippen molar-refractivity contribution in [2.24, 2.45) is 5.41 Å². The van der Waals surface area contributed by atoms with Crippen LogP contribution in [0.4, 0.5) is 0 Å². The molecule has 1 aliphatic carbocycles. The van der Waals surface area contributed by atoms with Gasteiger partial charge in [-0.25, -0.2) is 0 Å². The van der Waals surface area contributed by atoms with Gasteiger partial charge in [-0.3, -0.25) is 0 Å². The van der Waals surface area contributed by atoms with Crippen LogP contribution in [-0.4, -0.2) is 15.2 Å². The van der Waals surface area contributed by atoms with Crippen molar-refractivity contribution in [3.05, 3.63) is 52.6 Å². The van der Waals surface area contributed by atoms with Gasteiger partial charge in [0.15, 0.2) is 0 Å². The lowest BCUT2D eigenvalue weighted by Gasteiger charge is -2.35. The van der Waals surface area contributed by atoms with Gasteiger partial charge < -0.3 is 4.74 Å². The van der Waals surface area contributed by atoms with E-state index in [1.807, 2.05) is 7.11 Å². The van der Waals surface area contributed by atoms with Crippen molar-refractivity contribution in [1.82, 2.24) is 0 Å². The molecule has 2 rings (SSSR count). The van der Waals surface area contributed by atoms with Gasteiger partial charge in [0.2, 0.25) is 0 Å². The van der Waals surface area contributed by atoms with E-state index >= 15 is 0 Å². The van der Waals surface area contributed by atoms with Crippen LogP contribution in [0.5, 0.6) is 5.75 Å². The summed E-state index contributed by atoms with van der Waals surface area (Å²) in [6, 6.07) is 4.65. The molecule has 0 saturated heterocycles. The predicted molar refractivity (Wildman–Crippen MR) is 123 cm³/mol. The number of allylic oxidation sites excluding steroid dienone is 4.